The standard InChI is InChI=1S/C24H32N2O13/c1-17(24(33)26-9-13-35-14-10-26)39-22(31)8-7-20(29)36-11-4-12-37-23(32)15-25(2)18(27)16-38-21(30)6-5-19(28)34-3/h5-8,17H,4,9-16H2,1-3H3/b6-5+,8-7+. The van der Waals surface area contributed by atoms with E-state index < -0.39 is 55.0 Å². The van der Waals surface area contributed by atoms with Crippen LogP contribution in [0.1, 0.15) is 13.3 Å². The number of methoxy groups -OCH3 is 1. The zero-order valence-corrected chi connectivity index (χ0v) is 22.0. The number of hydrogen-bond donors (Lipinski definition) is 0. The monoisotopic (exact) mass is 556 g/mol. The Morgan fingerprint density at radius 2 is 1.41 bits per heavy atom. The molecule has 0 aliphatic carbocycles. The van der Waals surface area contributed by atoms with Gasteiger partial charge in [-0.2, -0.15) is 0 Å². The van der Waals surface area contributed by atoms with Crippen molar-refractivity contribution in [2.75, 3.05) is 66.8 Å². The average molecular weight is 557 g/mol. The minimum absolute atomic E-state index is 0.117. The van der Waals surface area contributed by atoms with Crippen LogP contribution in [0.5, 0.6) is 0 Å². The fraction of sp³-hybridized carbons (Fsp3) is 0.542. The number of ether oxygens (including phenoxy) is 6. The number of carbonyl (C=O) groups is 7. The molecular weight excluding hydrogens is 524 g/mol. The molecule has 1 heterocycles. The quantitative estimate of drug-likeness (QED) is 0.105. The molecule has 15 heteroatoms. The Kier molecular flexibility index (Phi) is 15.2. The van der Waals surface area contributed by atoms with Crippen LogP contribution in [0.2, 0.25) is 0 Å². The van der Waals surface area contributed by atoms with Gasteiger partial charge in [0.15, 0.2) is 12.7 Å². The van der Waals surface area contributed by atoms with E-state index >= 15 is 0 Å². The Balaban J connectivity index is 2.19. The maximum Gasteiger partial charge on any atom is 0.331 e. The minimum Gasteiger partial charge on any atom is -0.466 e. The van der Waals surface area contributed by atoms with Crippen molar-refractivity contribution < 1.29 is 62.0 Å². The summed E-state index contributed by atoms with van der Waals surface area (Å²) in [5, 5.41) is 0. The van der Waals surface area contributed by atoms with Gasteiger partial charge in [-0.05, 0) is 6.92 Å². The highest BCUT2D eigenvalue weighted by molar-refractivity contribution is 5.93. The number of morpholine rings is 1. The van der Waals surface area contributed by atoms with E-state index in [0.717, 1.165) is 36.3 Å². The van der Waals surface area contributed by atoms with E-state index in [4.69, 9.17) is 18.9 Å². The highest BCUT2D eigenvalue weighted by Crippen LogP contribution is 2.04. The molecule has 1 unspecified atom stereocenters. The van der Waals surface area contributed by atoms with Crippen LogP contribution in [0.4, 0.5) is 0 Å². The second-order valence-electron chi connectivity index (χ2n) is 7.81. The van der Waals surface area contributed by atoms with Crippen LogP contribution in [0.15, 0.2) is 24.3 Å². The second-order valence-corrected chi connectivity index (χ2v) is 7.81. The number of carbonyl (C=O) groups excluding carboxylic acids is 7. The molecule has 39 heavy (non-hydrogen) atoms. The molecule has 0 aromatic heterocycles. The van der Waals surface area contributed by atoms with Gasteiger partial charge in [0.25, 0.3) is 11.8 Å². The van der Waals surface area contributed by atoms with Gasteiger partial charge in [0.2, 0.25) is 0 Å². The van der Waals surface area contributed by atoms with Crippen LogP contribution in [-0.4, -0.2) is 124 Å². The Morgan fingerprint density at radius 3 is 2.05 bits per heavy atom. The van der Waals surface area contributed by atoms with Gasteiger partial charge in [0, 0.05) is 50.9 Å². The molecule has 2 amide bonds. The van der Waals surface area contributed by atoms with Crippen molar-refractivity contribution >= 4 is 41.7 Å². The zero-order chi connectivity index (χ0) is 29.2. The van der Waals surface area contributed by atoms with Crippen LogP contribution in [0, 0.1) is 0 Å². The van der Waals surface area contributed by atoms with Gasteiger partial charge in [-0.3, -0.25) is 14.4 Å². The summed E-state index contributed by atoms with van der Waals surface area (Å²) in [6.07, 6.45) is 2.42. The Hall–Kier alpha value is -4.27. The third kappa shape index (κ3) is 14.3. The molecular formula is C24H32N2O13. The van der Waals surface area contributed by atoms with Crippen LogP contribution < -0.4 is 0 Å². The highest BCUT2D eigenvalue weighted by Gasteiger charge is 2.24. The fourth-order valence-electron chi connectivity index (χ4n) is 2.73. The predicted molar refractivity (Wildman–Crippen MR) is 128 cm³/mol. The third-order valence-electron chi connectivity index (χ3n) is 4.80. The SMILES string of the molecule is COC(=O)/C=C/C(=O)OCC(=O)N(C)CC(=O)OCCCOC(=O)/C=C/C(=O)OC(C)C(=O)N1CCOCC1. The average Bonchev–Trinajstić information content (AvgIpc) is 2.93. The Morgan fingerprint density at radius 1 is 0.846 bits per heavy atom. The van der Waals surface area contributed by atoms with Gasteiger partial charge >= 0.3 is 29.8 Å². The van der Waals surface area contributed by atoms with Gasteiger partial charge < -0.3 is 38.2 Å². The van der Waals surface area contributed by atoms with E-state index in [9.17, 15) is 33.6 Å². The van der Waals surface area contributed by atoms with Crippen LogP contribution >= 0.6 is 0 Å². The lowest BCUT2D eigenvalue weighted by Gasteiger charge is -2.28. The van der Waals surface area contributed by atoms with Gasteiger partial charge in [0.1, 0.15) is 6.54 Å². The molecule has 15 nitrogen and oxygen atoms in total. The van der Waals surface area contributed by atoms with E-state index in [1.54, 1.807) is 0 Å². The summed E-state index contributed by atoms with van der Waals surface area (Å²) in [4.78, 5) is 84.3. The van der Waals surface area contributed by atoms with Crippen molar-refractivity contribution in [1.29, 1.82) is 0 Å². The first-order chi connectivity index (χ1) is 18.5. The van der Waals surface area contributed by atoms with E-state index in [1.165, 1.54) is 18.9 Å². The van der Waals surface area contributed by atoms with Crippen molar-refractivity contribution in [3.05, 3.63) is 24.3 Å². The Bertz CT molecular complexity index is 954. The molecule has 1 rings (SSSR count). The molecule has 0 N–H and O–H groups in total. The fourth-order valence-corrected chi connectivity index (χ4v) is 2.73. The first-order valence-electron chi connectivity index (χ1n) is 11.8. The van der Waals surface area contributed by atoms with E-state index in [2.05, 4.69) is 9.47 Å². The highest BCUT2D eigenvalue weighted by atomic mass is 16.6. The number of esters is 5. The van der Waals surface area contributed by atoms with Crippen molar-refractivity contribution in [2.24, 2.45) is 0 Å². The van der Waals surface area contributed by atoms with Crippen LogP contribution in [0.3, 0.4) is 0 Å². The molecule has 0 spiro atoms. The number of likely N-dealkylation sites (N-methyl/N-ethyl adjacent to an activating group) is 1. The van der Waals surface area contributed by atoms with Gasteiger partial charge in [-0.1, -0.05) is 0 Å². The molecule has 1 aliphatic rings. The van der Waals surface area contributed by atoms with Gasteiger partial charge in [-0.25, -0.2) is 19.2 Å². The molecule has 1 saturated heterocycles. The molecule has 1 aliphatic heterocycles. The molecule has 1 fully saturated rings. The summed E-state index contributed by atoms with van der Waals surface area (Å²) in [6, 6.07) is 0. The molecule has 216 valence electrons. The maximum absolute atomic E-state index is 12.2. The number of amides is 2. The predicted octanol–water partition coefficient (Wildman–Crippen LogP) is -1.46. The maximum atomic E-state index is 12.2. The molecule has 0 radical (unpaired) electrons. The van der Waals surface area contributed by atoms with Gasteiger partial charge in [0.05, 0.1) is 33.5 Å². The first kappa shape index (κ1) is 32.8. The second kappa shape index (κ2) is 18.1. The largest absolute Gasteiger partial charge is 0.466 e. The zero-order valence-electron chi connectivity index (χ0n) is 22.0. The molecule has 1 atom stereocenters. The van der Waals surface area contributed by atoms with E-state index in [-0.39, 0.29) is 25.5 Å². The number of rotatable bonds is 14. The summed E-state index contributed by atoms with van der Waals surface area (Å²) in [5.41, 5.74) is 0. The minimum atomic E-state index is -1.02. The van der Waals surface area contributed by atoms with Crippen molar-refractivity contribution in [3.8, 4) is 0 Å². The van der Waals surface area contributed by atoms with Crippen molar-refractivity contribution in [3.63, 3.8) is 0 Å². The molecule has 0 bridgehead atoms. The van der Waals surface area contributed by atoms with Crippen molar-refractivity contribution in [1.82, 2.24) is 9.80 Å². The lowest BCUT2D eigenvalue weighted by molar-refractivity contribution is -0.157. The first-order valence-corrected chi connectivity index (χ1v) is 11.8. The lowest BCUT2D eigenvalue weighted by Crippen LogP contribution is -2.45. The summed E-state index contributed by atoms with van der Waals surface area (Å²) in [7, 11) is 2.42. The smallest absolute Gasteiger partial charge is 0.331 e. The third-order valence-corrected chi connectivity index (χ3v) is 4.80. The molecule has 0 aromatic rings. The normalized spacial score (nSPS) is 13.9. The van der Waals surface area contributed by atoms with Gasteiger partial charge in [-0.15, -0.1) is 0 Å². The topological polar surface area (TPSA) is 181 Å². The lowest BCUT2D eigenvalue weighted by atomic mass is 10.3. The van der Waals surface area contributed by atoms with Crippen LogP contribution in [-0.2, 0) is 62.0 Å². The van der Waals surface area contributed by atoms with E-state index in [1.807, 2.05) is 0 Å². The van der Waals surface area contributed by atoms with E-state index in [0.29, 0.717) is 26.3 Å². The summed E-state index contributed by atoms with van der Waals surface area (Å²) in [6.45, 7) is 1.74. The van der Waals surface area contributed by atoms with Crippen molar-refractivity contribution in [2.45, 2.75) is 19.4 Å². The number of hydrogen-bond acceptors (Lipinski definition) is 13. The summed E-state index contributed by atoms with van der Waals surface area (Å²) >= 11 is 0. The molecule has 0 aromatic carbocycles. The Labute approximate surface area is 224 Å². The van der Waals surface area contributed by atoms with Crippen LogP contribution in [0.25, 0.3) is 0 Å². The number of nitrogens with zero attached hydrogens (tertiary/aromatic N) is 2. The summed E-state index contributed by atoms with van der Waals surface area (Å²) in [5.74, 6) is -5.25. The summed E-state index contributed by atoms with van der Waals surface area (Å²) < 4.78 is 28.9. The molecule has 0 saturated carbocycles.